The van der Waals surface area contributed by atoms with Gasteiger partial charge in [0.2, 0.25) is 0 Å². The summed E-state index contributed by atoms with van der Waals surface area (Å²) >= 11 is 0. The molecular weight excluding hydrogens is 195 g/mol. The molecule has 8 heteroatoms. The molecule has 0 N–H and O–H groups in total. The fourth-order valence-corrected chi connectivity index (χ4v) is 0. The predicted octanol–water partition coefficient (Wildman–Crippen LogP) is -7.89. The molecule has 51 valence electrons. The van der Waals surface area contributed by atoms with Crippen LogP contribution in [0.5, 0.6) is 0 Å². The van der Waals surface area contributed by atoms with Crippen LogP contribution in [-0.4, -0.2) is 12.3 Å². The molecule has 0 rings (SSSR count). The molecule has 0 fully saturated rings. The second-order valence-electron chi connectivity index (χ2n) is 0.500. The molecule has 0 aliphatic carbocycles. The van der Waals surface area contributed by atoms with Crippen LogP contribution < -0.4 is 50.0 Å². The fourth-order valence-electron chi connectivity index (χ4n) is 0. The van der Waals surface area contributed by atoms with Gasteiger partial charge in [-0.1, -0.05) is 0 Å². The molecule has 0 unspecified atom stereocenters. The molecule has 0 aromatic heterocycles. The van der Waals surface area contributed by atoms with Crippen molar-refractivity contribution in [3.05, 3.63) is 0 Å². The third-order valence-corrected chi connectivity index (χ3v) is 0. The Bertz CT molecular complexity index is 73.7. The Hall–Kier alpha value is 0.0725. The van der Waals surface area contributed by atoms with E-state index in [-0.39, 0.29) is 46.9 Å². The molecule has 0 spiro atoms. The second-order valence-corrected chi connectivity index (χ2v) is 0.500. The topological polar surface area (TPSA) is 126 Å². The van der Waals surface area contributed by atoms with Gasteiger partial charge >= 0.3 is 46.9 Å². The number of carboxylic acid groups (broad SMARTS) is 4. The summed E-state index contributed by atoms with van der Waals surface area (Å²) in [6, 6.07) is 0. The third-order valence-electron chi connectivity index (χ3n) is 0. The van der Waals surface area contributed by atoms with Crippen molar-refractivity contribution in [2.75, 3.05) is 0 Å². The van der Waals surface area contributed by atoms with Crippen molar-refractivity contribution in [1.29, 1.82) is 0 Å². The summed E-state index contributed by atoms with van der Waals surface area (Å²) in [6.07, 6.45) is -4.67. The summed E-state index contributed by atoms with van der Waals surface area (Å²) in [5.41, 5.74) is 0. The zero-order valence-electron chi connectivity index (χ0n) is 4.86. The van der Waals surface area contributed by atoms with E-state index in [2.05, 4.69) is 0 Å². The quantitative estimate of drug-likeness (QED) is 0.353. The van der Waals surface area contributed by atoms with Crippen molar-refractivity contribution in [2.45, 2.75) is 0 Å². The summed E-state index contributed by atoms with van der Waals surface area (Å²) in [6.45, 7) is 0. The molecule has 10 heavy (non-hydrogen) atoms. The Kier molecular flexibility index (Phi) is 36.0. The summed E-state index contributed by atoms with van der Waals surface area (Å²) in [4.78, 5) is 16.7. The average molecular weight is 195 g/mol. The van der Waals surface area contributed by atoms with Crippen LogP contribution >= 0.6 is 0 Å². The van der Waals surface area contributed by atoms with Crippen molar-refractivity contribution >= 4 is 12.3 Å². The van der Waals surface area contributed by atoms with Gasteiger partial charge in [-0.25, -0.2) is 0 Å². The first-order valence-electron chi connectivity index (χ1n) is 1.22. The van der Waals surface area contributed by atoms with Crippen LogP contribution in [0, 0.1) is 0 Å². The van der Waals surface area contributed by atoms with E-state index < -0.39 is 12.3 Å². The molecule has 6 nitrogen and oxygen atoms in total. The smallest absolute Gasteiger partial charge is 0.652 e. The fraction of sp³-hybridized carbons (Fsp3) is 0. The molecule has 0 aromatic carbocycles. The van der Waals surface area contributed by atoms with Gasteiger partial charge in [0, 0.05) is 0 Å². The number of hydrogen-bond donors (Lipinski definition) is 0. The third kappa shape index (κ3) is 76900. The minimum absolute atomic E-state index is 0. The van der Waals surface area contributed by atoms with Crippen molar-refractivity contribution in [3.63, 3.8) is 0 Å². The normalized spacial score (nSPS) is 4.80. The van der Waals surface area contributed by atoms with Crippen LogP contribution in [0.3, 0.4) is 0 Å². The Morgan fingerprint density at radius 3 is 0.800 bits per heavy atom. The van der Waals surface area contributed by atoms with Crippen molar-refractivity contribution in [2.24, 2.45) is 0 Å². The van der Waals surface area contributed by atoms with Gasteiger partial charge in [0.05, 0.1) is 0 Å². The predicted molar refractivity (Wildman–Crippen MR) is 10.8 cm³/mol. The molecule has 0 bridgehead atoms. The van der Waals surface area contributed by atoms with E-state index in [1.54, 1.807) is 0 Å². The van der Waals surface area contributed by atoms with Crippen LogP contribution in [0.4, 0.5) is 9.59 Å². The van der Waals surface area contributed by atoms with Gasteiger partial charge in [-0.15, -0.1) is 0 Å². The van der Waals surface area contributed by atoms with E-state index >= 15 is 0 Å². The molecule has 0 aliphatic heterocycles. The summed E-state index contributed by atoms with van der Waals surface area (Å²) in [5, 5.41) is 33.3. The standard InChI is InChI=1S/2CH2O3.Cr.Na/c2*2-1(3)4;;/h2*(H2,2,3,4);;/q;;+3;+1/p-4. The van der Waals surface area contributed by atoms with Crippen molar-refractivity contribution in [1.82, 2.24) is 0 Å². The number of rotatable bonds is 0. The maximum Gasteiger partial charge on any atom is 3.00 e. The molecule has 0 atom stereocenters. The van der Waals surface area contributed by atoms with Gasteiger partial charge < -0.3 is 30.0 Å². The Morgan fingerprint density at radius 1 is 0.800 bits per heavy atom. The number of hydrogen-bond acceptors (Lipinski definition) is 6. The molecule has 0 aromatic rings. The van der Waals surface area contributed by atoms with Gasteiger partial charge in [-0.2, -0.15) is 0 Å². The maximum absolute atomic E-state index is 8.33. The van der Waals surface area contributed by atoms with Crippen LogP contribution in [0.1, 0.15) is 0 Å². The number of carbonyl (C=O) groups excluding carboxylic acids is 2. The summed E-state index contributed by atoms with van der Waals surface area (Å²) < 4.78 is 0. The van der Waals surface area contributed by atoms with Crippen LogP contribution in [0.15, 0.2) is 0 Å². The summed E-state index contributed by atoms with van der Waals surface area (Å²) in [7, 11) is 0. The monoisotopic (exact) mass is 195 g/mol. The SMILES string of the molecule is O=C([O-])[O-].O=C([O-])[O-].[Cr+3].[Na+]. The van der Waals surface area contributed by atoms with Gasteiger partial charge in [0.15, 0.2) is 0 Å². The first-order valence-corrected chi connectivity index (χ1v) is 1.22. The van der Waals surface area contributed by atoms with E-state index in [0.717, 1.165) is 0 Å². The number of carbonyl (C=O) groups is 2. The largest absolute Gasteiger partial charge is 3.00 e. The molecule has 0 saturated heterocycles. The minimum atomic E-state index is -2.33. The van der Waals surface area contributed by atoms with Crippen molar-refractivity contribution < 1.29 is 76.9 Å². The van der Waals surface area contributed by atoms with Gasteiger partial charge in [-0.3, -0.25) is 0 Å². The van der Waals surface area contributed by atoms with Crippen LogP contribution in [0.25, 0.3) is 0 Å². The van der Waals surface area contributed by atoms with Gasteiger partial charge in [-0.05, 0) is 12.3 Å². The molecular formula is C2CrNaO6. The Balaban J connectivity index is -0.0000000300. The zero-order valence-corrected chi connectivity index (χ0v) is 8.13. The molecule has 0 saturated carbocycles. The molecule has 1 radical (unpaired) electrons. The zero-order chi connectivity index (χ0) is 7.15. The second kappa shape index (κ2) is 16.0. The molecule has 0 aliphatic rings. The van der Waals surface area contributed by atoms with Gasteiger partial charge in [0.25, 0.3) is 0 Å². The van der Waals surface area contributed by atoms with Crippen LogP contribution in [0.2, 0.25) is 0 Å². The van der Waals surface area contributed by atoms with Crippen molar-refractivity contribution in [3.8, 4) is 0 Å². The van der Waals surface area contributed by atoms with E-state index in [0.29, 0.717) is 0 Å². The Labute approximate surface area is 88.9 Å². The summed E-state index contributed by atoms with van der Waals surface area (Å²) in [5.74, 6) is 0. The van der Waals surface area contributed by atoms with Crippen LogP contribution in [-0.2, 0) is 17.4 Å². The van der Waals surface area contributed by atoms with E-state index in [1.165, 1.54) is 0 Å². The molecule has 0 amide bonds. The van der Waals surface area contributed by atoms with E-state index in [9.17, 15) is 0 Å². The van der Waals surface area contributed by atoms with E-state index in [4.69, 9.17) is 30.0 Å². The minimum Gasteiger partial charge on any atom is -0.652 e. The average Bonchev–Trinajstić information content (AvgIpc) is 1.25. The molecule has 0 heterocycles. The van der Waals surface area contributed by atoms with Gasteiger partial charge in [0.1, 0.15) is 0 Å². The first-order chi connectivity index (χ1) is 3.46. The Morgan fingerprint density at radius 2 is 0.800 bits per heavy atom. The maximum atomic E-state index is 8.33. The van der Waals surface area contributed by atoms with E-state index in [1.807, 2.05) is 0 Å². The first kappa shape index (κ1) is 22.5.